The molecule has 0 aliphatic heterocycles. The Morgan fingerprint density at radius 1 is 1.52 bits per heavy atom. The van der Waals surface area contributed by atoms with Crippen molar-refractivity contribution in [2.45, 2.75) is 26.3 Å². The monoisotopic (exact) mass is 376 g/mol. The first-order valence-electron chi connectivity index (χ1n) is 6.28. The molecule has 0 fully saturated rings. The Labute approximate surface area is 137 Å². The SMILES string of the molecule is C=C(CNC(C)(C)C)COc1c(Br)cc(Cl)cc1[N+](=O)[O-]. The van der Waals surface area contributed by atoms with Gasteiger partial charge in [-0.15, -0.1) is 0 Å². The molecule has 7 heteroatoms. The molecule has 0 spiro atoms. The molecule has 21 heavy (non-hydrogen) atoms. The zero-order valence-electron chi connectivity index (χ0n) is 12.2. The molecule has 0 saturated heterocycles. The predicted molar refractivity (Wildman–Crippen MR) is 88.2 cm³/mol. The normalized spacial score (nSPS) is 11.3. The van der Waals surface area contributed by atoms with Crippen LogP contribution in [0.25, 0.3) is 0 Å². The van der Waals surface area contributed by atoms with Crippen molar-refractivity contribution in [3.63, 3.8) is 0 Å². The molecule has 5 nitrogen and oxygen atoms in total. The predicted octanol–water partition coefficient (Wildman–Crippen LogP) is 4.33. The lowest BCUT2D eigenvalue weighted by atomic mass is 10.1. The summed E-state index contributed by atoms with van der Waals surface area (Å²) in [6, 6.07) is 2.82. The number of ether oxygens (including phenoxy) is 1. The molecule has 0 amide bonds. The number of nitro benzene ring substituents is 1. The number of halogens is 2. The Balaban J connectivity index is 2.75. The molecule has 0 aliphatic rings. The molecule has 0 aliphatic carbocycles. The van der Waals surface area contributed by atoms with Gasteiger partial charge in [0.2, 0.25) is 5.75 Å². The smallest absolute Gasteiger partial charge is 0.313 e. The second-order valence-electron chi connectivity index (χ2n) is 5.64. The van der Waals surface area contributed by atoms with Crippen molar-refractivity contribution in [3.8, 4) is 5.75 Å². The third-order valence-corrected chi connectivity index (χ3v) is 3.28. The van der Waals surface area contributed by atoms with Gasteiger partial charge in [-0.2, -0.15) is 0 Å². The van der Waals surface area contributed by atoms with Crippen LogP contribution in [0, 0.1) is 10.1 Å². The minimum atomic E-state index is -0.526. The van der Waals surface area contributed by atoms with Gasteiger partial charge in [-0.25, -0.2) is 0 Å². The molecule has 0 atom stereocenters. The van der Waals surface area contributed by atoms with E-state index in [-0.39, 0.29) is 28.6 Å². The average molecular weight is 378 g/mol. The molecule has 1 aromatic rings. The van der Waals surface area contributed by atoms with E-state index in [0.717, 1.165) is 5.57 Å². The van der Waals surface area contributed by atoms with Crippen molar-refractivity contribution in [2.75, 3.05) is 13.2 Å². The number of nitrogens with zero attached hydrogens (tertiary/aromatic N) is 1. The van der Waals surface area contributed by atoms with Crippen LogP contribution in [0.5, 0.6) is 5.75 Å². The summed E-state index contributed by atoms with van der Waals surface area (Å²) < 4.78 is 5.97. The fourth-order valence-electron chi connectivity index (χ4n) is 1.44. The van der Waals surface area contributed by atoms with Crippen molar-refractivity contribution >= 4 is 33.2 Å². The highest BCUT2D eigenvalue weighted by molar-refractivity contribution is 9.10. The molecule has 0 heterocycles. The van der Waals surface area contributed by atoms with Crippen molar-refractivity contribution in [2.24, 2.45) is 0 Å². The average Bonchev–Trinajstić information content (AvgIpc) is 2.33. The first kappa shape index (κ1) is 17.9. The Hall–Kier alpha value is -1.11. The highest BCUT2D eigenvalue weighted by Crippen LogP contribution is 2.38. The number of nitrogens with one attached hydrogen (secondary N) is 1. The summed E-state index contributed by atoms with van der Waals surface area (Å²) in [5.41, 5.74) is 0.586. The van der Waals surface area contributed by atoms with E-state index in [0.29, 0.717) is 11.0 Å². The van der Waals surface area contributed by atoms with Crippen molar-refractivity contribution in [3.05, 3.63) is 43.9 Å². The molecule has 0 saturated carbocycles. The molecular formula is C14H18BrClN2O3. The third-order valence-electron chi connectivity index (χ3n) is 2.47. The van der Waals surface area contributed by atoms with Crippen LogP contribution in [0.2, 0.25) is 5.02 Å². The summed E-state index contributed by atoms with van der Waals surface area (Å²) in [5.74, 6) is 0.154. The number of nitro groups is 1. The lowest BCUT2D eigenvalue weighted by Crippen LogP contribution is -2.37. The van der Waals surface area contributed by atoms with Gasteiger partial charge in [0.1, 0.15) is 6.61 Å². The van der Waals surface area contributed by atoms with E-state index in [2.05, 4.69) is 27.8 Å². The Morgan fingerprint density at radius 2 is 2.14 bits per heavy atom. The van der Waals surface area contributed by atoms with Gasteiger partial charge in [0, 0.05) is 23.2 Å². The van der Waals surface area contributed by atoms with Gasteiger partial charge < -0.3 is 10.1 Å². The minimum absolute atomic E-state index is 0.0320. The molecule has 0 bridgehead atoms. The Bertz CT molecular complexity index is 556. The maximum Gasteiger partial charge on any atom is 0.313 e. The zero-order valence-corrected chi connectivity index (χ0v) is 14.5. The second kappa shape index (κ2) is 7.24. The van der Waals surface area contributed by atoms with Crippen LogP contribution in [0.4, 0.5) is 5.69 Å². The number of hydrogen-bond acceptors (Lipinski definition) is 4. The molecule has 1 rings (SSSR count). The van der Waals surface area contributed by atoms with Gasteiger partial charge in [-0.05, 0) is 48.3 Å². The van der Waals surface area contributed by atoms with Crippen molar-refractivity contribution < 1.29 is 9.66 Å². The van der Waals surface area contributed by atoms with Crippen molar-refractivity contribution in [1.82, 2.24) is 5.32 Å². The zero-order chi connectivity index (χ0) is 16.2. The second-order valence-corrected chi connectivity index (χ2v) is 6.93. The Kier molecular flexibility index (Phi) is 6.19. The van der Waals surface area contributed by atoms with Gasteiger partial charge in [-0.3, -0.25) is 10.1 Å². The van der Waals surface area contributed by atoms with Crippen molar-refractivity contribution in [1.29, 1.82) is 0 Å². The molecule has 0 radical (unpaired) electrons. The van der Waals surface area contributed by atoms with Crippen LogP contribution >= 0.6 is 27.5 Å². The van der Waals surface area contributed by atoms with Gasteiger partial charge in [0.25, 0.3) is 0 Å². The fraction of sp³-hybridized carbons (Fsp3) is 0.429. The van der Waals surface area contributed by atoms with E-state index >= 15 is 0 Å². The first-order chi connectivity index (χ1) is 9.60. The topological polar surface area (TPSA) is 64.4 Å². The number of hydrogen-bond donors (Lipinski definition) is 1. The summed E-state index contributed by atoms with van der Waals surface area (Å²) in [6.45, 7) is 10.8. The van der Waals surface area contributed by atoms with Gasteiger partial charge in [0.15, 0.2) is 0 Å². The highest BCUT2D eigenvalue weighted by atomic mass is 79.9. The molecule has 0 aromatic heterocycles. The van der Waals surface area contributed by atoms with Gasteiger partial charge in [0.05, 0.1) is 9.40 Å². The lowest BCUT2D eigenvalue weighted by molar-refractivity contribution is -0.385. The quantitative estimate of drug-likeness (QED) is 0.455. The maximum absolute atomic E-state index is 11.0. The molecule has 0 unspecified atom stereocenters. The number of rotatable bonds is 6. The summed E-state index contributed by atoms with van der Waals surface area (Å²) >= 11 is 9.04. The Morgan fingerprint density at radius 3 is 2.67 bits per heavy atom. The largest absolute Gasteiger partial charge is 0.481 e. The van der Waals surface area contributed by atoms with E-state index < -0.39 is 4.92 Å². The van der Waals surface area contributed by atoms with Crippen LogP contribution < -0.4 is 10.1 Å². The summed E-state index contributed by atoms with van der Waals surface area (Å²) in [5, 5.41) is 14.6. The molecule has 1 N–H and O–H groups in total. The van der Waals surface area contributed by atoms with Crippen LogP contribution in [0.3, 0.4) is 0 Å². The fourth-order valence-corrected chi connectivity index (χ4v) is 2.35. The minimum Gasteiger partial charge on any atom is -0.481 e. The summed E-state index contributed by atoms with van der Waals surface area (Å²) in [6.07, 6.45) is 0. The third kappa shape index (κ3) is 6.03. The highest BCUT2D eigenvalue weighted by Gasteiger charge is 2.20. The van der Waals surface area contributed by atoms with Gasteiger partial charge in [-0.1, -0.05) is 18.2 Å². The van der Waals surface area contributed by atoms with E-state index in [1.54, 1.807) is 6.07 Å². The van der Waals surface area contributed by atoms with E-state index in [9.17, 15) is 10.1 Å². The molecular weight excluding hydrogens is 360 g/mol. The summed E-state index contributed by atoms with van der Waals surface area (Å²) in [4.78, 5) is 10.5. The van der Waals surface area contributed by atoms with Crippen LogP contribution in [0.1, 0.15) is 20.8 Å². The van der Waals surface area contributed by atoms with Gasteiger partial charge >= 0.3 is 5.69 Å². The van der Waals surface area contributed by atoms with Crippen LogP contribution in [0.15, 0.2) is 28.8 Å². The standard InChI is InChI=1S/C14H18BrClN2O3/c1-9(7-17-14(2,3)4)8-21-13-11(15)5-10(16)6-12(13)18(19)20/h5-6,17H,1,7-8H2,2-4H3. The number of benzene rings is 1. The van der Waals surface area contributed by atoms with E-state index in [4.69, 9.17) is 16.3 Å². The van der Waals surface area contributed by atoms with Crippen LogP contribution in [-0.2, 0) is 0 Å². The lowest BCUT2D eigenvalue weighted by Gasteiger charge is -2.21. The van der Waals surface area contributed by atoms with E-state index in [1.807, 2.05) is 20.8 Å². The maximum atomic E-state index is 11.0. The first-order valence-corrected chi connectivity index (χ1v) is 7.45. The summed E-state index contributed by atoms with van der Waals surface area (Å²) in [7, 11) is 0. The molecule has 1 aromatic carbocycles. The van der Waals surface area contributed by atoms with E-state index in [1.165, 1.54) is 6.07 Å². The van der Waals surface area contributed by atoms with Crippen LogP contribution in [-0.4, -0.2) is 23.6 Å². The molecule has 116 valence electrons.